The molecule has 3 nitrogen and oxygen atoms in total. The van der Waals surface area contributed by atoms with Gasteiger partial charge in [0.05, 0.1) is 17.6 Å². The topological polar surface area (TPSA) is 25.6 Å². The molecular weight excluding hydrogens is 366 g/mol. The van der Waals surface area contributed by atoms with Crippen molar-refractivity contribution in [1.29, 1.82) is 0 Å². The maximum atomic E-state index is 6.05. The van der Waals surface area contributed by atoms with E-state index in [1.165, 1.54) is 32.3 Å². The van der Waals surface area contributed by atoms with Crippen LogP contribution in [0.5, 0.6) is 5.75 Å². The first-order valence-electron chi connectivity index (χ1n) is 9.82. The molecule has 0 unspecified atom stereocenters. The van der Waals surface area contributed by atoms with Crippen molar-refractivity contribution in [2.75, 3.05) is 19.7 Å². The second kappa shape index (κ2) is 7.82. The standard InChI is InChI=1S/C24H23NO2S/c1-2-6-20-14-25(11-9-18(20)5-1)10-4-12-27-21-8-3-7-19(13-21)23-17-28-24-16-26-15-22(23)24/h1-3,5-8,13,15-17H,4,9-12,14H2. The monoisotopic (exact) mass is 389 g/mol. The van der Waals surface area contributed by atoms with Gasteiger partial charge < -0.3 is 9.15 Å². The van der Waals surface area contributed by atoms with Gasteiger partial charge in [-0.15, -0.1) is 11.3 Å². The van der Waals surface area contributed by atoms with Crippen LogP contribution < -0.4 is 4.74 Å². The van der Waals surface area contributed by atoms with Crippen LogP contribution >= 0.6 is 11.3 Å². The van der Waals surface area contributed by atoms with Gasteiger partial charge in [-0.2, -0.15) is 0 Å². The van der Waals surface area contributed by atoms with Gasteiger partial charge in [-0.25, -0.2) is 0 Å². The number of hydrogen-bond donors (Lipinski definition) is 0. The maximum absolute atomic E-state index is 6.05. The van der Waals surface area contributed by atoms with Crippen LogP contribution in [0.4, 0.5) is 0 Å². The van der Waals surface area contributed by atoms with Crippen molar-refractivity contribution < 1.29 is 9.15 Å². The number of hydrogen-bond acceptors (Lipinski definition) is 4. The summed E-state index contributed by atoms with van der Waals surface area (Å²) >= 11 is 1.71. The molecule has 0 spiro atoms. The zero-order chi connectivity index (χ0) is 18.8. The lowest BCUT2D eigenvalue weighted by Crippen LogP contribution is -2.31. The molecule has 4 heteroatoms. The SMILES string of the molecule is c1cc(OCCCN2CCc3ccccc3C2)cc(-c2csc3cocc23)c1. The summed E-state index contributed by atoms with van der Waals surface area (Å²) in [4.78, 5) is 2.53. The minimum Gasteiger partial charge on any atom is -0.494 e. The van der Waals surface area contributed by atoms with E-state index in [2.05, 4.69) is 52.7 Å². The lowest BCUT2D eigenvalue weighted by Gasteiger charge is -2.28. The Morgan fingerprint density at radius 1 is 1.04 bits per heavy atom. The summed E-state index contributed by atoms with van der Waals surface area (Å²) in [5.74, 6) is 0.935. The molecule has 2 aromatic heterocycles. The molecule has 1 aliphatic heterocycles. The van der Waals surface area contributed by atoms with Gasteiger partial charge in [0, 0.05) is 36.0 Å². The molecule has 142 valence electrons. The van der Waals surface area contributed by atoms with Crippen molar-refractivity contribution in [2.45, 2.75) is 19.4 Å². The van der Waals surface area contributed by atoms with Gasteiger partial charge >= 0.3 is 0 Å². The molecule has 0 aliphatic carbocycles. The normalized spacial score (nSPS) is 14.3. The van der Waals surface area contributed by atoms with E-state index in [-0.39, 0.29) is 0 Å². The molecule has 0 amide bonds. The molecule has 0 atom stereocenters. The molecule has 5 rings (SSSR count). The Bertz CT molecular complexity index is 1080. The zero-order valence-electron chi connectivity index (χ0n) is 15.8. The fraction of sp³-hybridized carbons (Fsp3) is 0.250. The summed E-state index contributed by atoms with van der Waals surface area (Å²) in [6.45, 7) is 4.02. The lowest BCUT2D eigenvalue weighted by molar-refractivity contribution is 0.221. The first-order chi connectivity index (χ1) is 13.9. The van der Waals surface area contributed by atoms with Crippen molar-refractivity contribution in [3.63, 3.8) is 0 Å². The van der Waals surface area contributed by atoms with Crippen molar-refractivity contribution in [3.8, 4) is 16.9 Å². The highest BCUT2D eigenvalue weighted by molar-refractivity contribution is 7.17. The van der Waals surface area contributed by atoms with Crippen LogP contribution in [0.25, 0.3) is 21.2 Å². The molecular formula is C24H23NO2S. The third-order valence-corrected chi connectivity index (χ3v) is 6.39. The Hall–Kier alpha value is -2.56. The van der Waals surface area contributed by atoms with Gasteiger partial charge in [0.15, 0.2) is 0 Å². The van der Waals surface area contributed by atoms with E-state index in [9.17, 15) is 0 Å². The fourth-order valence-electron chi connectivity index (χ4n) is 3.96. The Balaban J connectivity index is 1.16. The van der Waals surface area contributed by atoms with E-state index < -0.39 is 0 Å². The Kier molecular flexibility index (Phi) is 4.90. The highest BCUT2D eigenvalue weighted by Gasteiger charge is 2.15. The van der Waals surface area contributed by atoms with Crippen molar-refractivity contribution >= 4 is 21.4 Å². The number of furan rings is 1. The number of rotatable bonds is 6. The van der Waals surface area contributed by atoms with Crippen molar-refractivity contribution in [3.05, 3.63) is 77.6 Å². The van der Waals surface area contributed by atoms with Crippen LogP contribution in [0.1, 0.15) is 17.5 Å². The van der Waals surface area contributed by atoms with Crippen LogP contribution in [0, 0.1) is 0 Å². The third-order valence-electron chi connectivity index (χ3n) is 5.46. The summed E-state index contributed by atoms with van der Waals surface area (Å²) in [7, 11) is 0. The minimum absolute atomic E-state index is 0.742. The van der Waals surface area contributed by atoms with Crippen LogP contribution in [0.2, 0.25) is 0 Å². The first kappa shape index (κ1) is 17.5. The zero-order valence-corrected chi connectivity index (χ0v) is 16.6. The van der Waals surface area contributed by atoms with E-state index in [1.807, 2.05) is 18.6 Å². The summed E-state index contributed by atoms with van der Waals surface area (Å²) in [5.41, 5.74) is 5.37. The van der Waals surface area contributed by atoms with Gasteiger partial charge in [-0.1, -0.05) is 36.4 Å². The lowest BCUT2D eigenvalue weighted by atomic mass is 10.00. The van der Waals surface area contributed by atoms with Crippen LogP contribution in [-0.4, -0.2) is 24.6 Å². The fourth-order valence-corrected chi connectivity index (χ4v) is 4.86. The van der Waals surface area contributed by atoms with E-state index in [0.717, 1.165) is 44.8 Å². The smallest absolute Gasteiger partial charge is 0.119 e. The van der Waals surface area contributed by atoms with Gasteiger partial charge in [0.1, 0.15) is 12.0 Å². The number of thiophene rings is 1. The van der Waals surface area contributed by atoms with E-state index >= 15 is 0 Å². The highest BCUT2D eigenvalue weighted by atomic mass is 32.1. The van der Waals surface area contributed by atoms with Gasteiger partial charge in [-0.05, 0) is 41.7 Å². The number of nitrogens with zero attached hydrogens (tertiary/aromatic N) is 1. The quantitative estimate of drug-likeness (QED) is 0.379. The number of fused-ring (bicyclic) bond motifs is 2. The average molecular weight is 390 g/mol. The molecule has 0 fully saturated rings. The molecule has 2 aromatic carbocycles. The summed E-state index contributed by atoms with van der Waals surface area (Å²) in [6, 6.07) is 17.2. The number of benzene rings is 2. The van der Waals surface area contributed by atoms with Crippen LogP contribution in [0.3, 0.4) is 0 Å². The van der Waals surface area contributed by atoms with E-state index in [0.29, 0.717) is 0 Å². The van der Waals surface area contributed by atoms with Crippen LogP contribution in [0.15, 0.2) is 70.9 Å². The van der Waals surface area contributed by atoms with Crippen molar-refractivity contribution in [2.24, 2.45) is 0 Å². The molecule has 4 aromatic rings. The molecule has 0 saturated heterocycles. The van der Waals surface area contributed by atoms with Crippen LogP contribution in [-0.2, 0) is 13.0 Å². The first-order valence-corrected chi connectivity index (χ1v) is 10.7. The van der Waals surface area contributed by atoms with E-state index in [1.54, 1.807) is 11.3 Å². The average Bonchev–Trinajstić information content (AvgIpc) is 3.35. The minimum atomic E-state index is 0.742. The highest BCUT2D eigenvalue weighted by Crippen LogP contribution is 2.35. The van der Waals surface area contributed by atoms with Gasteiger partial charge in [0.2, 0.25) is 0 Å². The van der Waals surface area contributed by atoms with Crippen molar-refractivity contribution in [1.82, 2.24) is 4.90 Å². The predicted molar refractivity (Wildman–Crippen MR) is 115 cm³/mol. The predicted octanol–water partition coefficient (Wildman–Crippen LogP) is 5.99. The maximum Gasteiger partial charge on any atom is 0.119 e. The molecule has 3 heterocycles. The van der Waals surface area contributed by atoms with E-state index in [4.69, 9.17) is 9.15 Å². The van der Waals surface area contributed by atoms with Gasteiger partial charge in [0.25, 0.3) is 0 Å². The Morgan fingerprint density at radius 3 is 2.93 bits per heavy atom. The second-order valence-corrected chi connectivity index (χ2v) is 8.24. The summed E-state index contributed by atoms with van der Waals surface area (Å²) < 4.78 is 12.6. The molecule has 0 N–H and O–H groups in total. The number of ether oxygens (including phenoxy) is 1. The summed E-state index contributed by atoms with van der Waals surface area (Å²) in [6.07, 6.45) is 5.83. The Labute approximate surface area is 169 Å². The van der Waals surface area contributed by atoms with Gasteiger partial charge in [-0.3, -0.25) is 4.90 Å². The third kappa shape index (κ3) is 3.58. The largest absolute Gasteiger partial charge is 0.494 e. The molecule has 0 radical (unpaired) electrons. The molecule has 28 heavy (non-hydrogen) atoms. The Morgan fingerprint density at radius 2 is 1.96 bits per heavy atom. The molecule has 0 bridgehead atoms. The molecule has 1 aliphatic rings. The summed E-state index contributed by atoms with van der Waals surface area (Å²) in [5, 5.41) is 3.36. The second-order valence-electron chi connectivity index (χ2n) is 7.32. The molecule has 0 saturated carbocycles.